The molecule has 1 aromatic heterocycles. The van der Waals surface area contributed by atoms with E-state index in [9.17, 15) is 14.4 Å². The van der Waals surface area contributed by atoms with Gasteiger partial charge in [0, 0.05) is 25.5 Å². The zero-order chi connectivity index (χ0) is 21.9. The van der Waals surface area contributed by atoms with Gasteiger partial charge in [0.2, 0.25) is 0 Å². The van der Waals surface area contributed by atoms with E-state index in [2.05, 4.69) is 4.98 Å². The number of nitrogens with two attached hydrogens (primary N) is 1. The van der Waals surface area contributed by atoms with Crippen molar-refractivity contribution in [1.82, 2.24) is 9.55 Å². The van der Waals surface area contributed by atoms with E-state index >= 15 is 4.39 Å². The number of alkyl halides is 1. The number of halogens is 1. The number of ether oxygens (including phenoxy) is 3. The summed E-state index contributed by atoms with van der Waals surface area (Å²) in [6.07, 6.45) is 1.40. The molecule has 1 saturated heterocycles. The minimum Gasteiger partial charge on any atom is -0.462 e. The number of hydrogen-bond acceptors (Lipinski definition) is 8. The monoisotopic (exact) mass is 425 g/mol. The number of anilines is 1. The van der Waals surface area contributed by atoms with Crippen LogP contribution in [0.3, 0.4) is 0 Å². The van der Waals surface area contributed by atoms with Gasteiger partial charge in [0.15, 0.2) is 23.6 Å². The number of carbonyl (C=O) groups is 2. The van der Waals surface area contributed by atoms with E-state index in [0.717, 1.165) is 17.4 Å². The van der Waals surface area contributed by atoms with Gasteiger partial charge in [-0.25, -0.2) is 9.18 Å². The molecule has 0 bridgehead atoms. The van der Waals surface area contributed by atoms with E-state index in [-0.39, 0.29) is 31.7 Å². The van der Waals surface area contributed by atoms with Crippen molar-refractivity contribution in [2.45, 2.75) is 82.4 Å². The Kier molecular flexibility index (Phi) is 6.44. The minimum absolute atomic E-state index is 0.00455. The molecular weight excluding hydrogens is 397 g/mol. The number of hydrogen-bond donors (Lipinski definition) is 1. The normalized spacial score (nSPS) is 29.3. The lowest BCUT2D eigenvalue weighted by atomic mass is 10.1. The first-order valence-electron chi connectivity index (χ1n) is 10.3. The van der Waals surface area contributed by atoms with Crippen molar-refractivity contribution in [1.29, 1.82) is 0 Å². The molecule has 2 N–H and O–H groups in total. The summed E-state index contributed by atoms with van der Waals surface area (Å²) in [5, 5.41) is 0. The van der Waals surface area contributed by atoms with E-state index in [0.29, 0.717) is 12.8 Å². The highest BCUT2D eigenvalue weighted by molar-refractivity contribution is 5.71. The molecule has 0 unspecified atom stereocenters. The van der Waals surface area contributed by atoms with Crippen LogP contribution >= 0.6 is 0 Å². The van der Waals surface area contributed by atoms with Crippen LogP contribution in [0.2, 0.25) is 0 Å². The average Bonchev–Trinajstić information content (AvgIpc) is 3.28. The Labute approximate surface area is 173 Å². The van der Waals surface area contributed by atoms with Gasteiger partial charge >= 0.3 is 17.6 Å². The fourth-order valence-electron chi connectivity index (χ4n) is 3.77. The van der Waals surface area contributed by atoms with E-state index in [1.54, 1.807) is 0 Å². The third kappa shape index (κ3) is 4.05. The van der Waals surface area contributed by atoms with Gasteiger partial charge in [0.1, 0.15) is 12.4 Å². The summed E-state index contributed by atoms with van der Waals surface area (Å²) in [6, 6.07) is 1.35. The molecule has 0 aromatic carbocycles. The van der Waals surface area contributed by atoms with Crippen LogP contribution in [0.1, 0.15) is 65.0 Å². The lowest BCUT2D eigenvalue weighted by Gasteiger charge is -2.21. The van der Waals surface area contributed by atoms with Gasteiger partial charge in [-0.2, -0.15) is 4.98 Å². The molecule has 1 aliphatic carbocycles. The summed E-state index contributed by atoms with van der Waals surface area (Å²) in [4.78, 5) is 40.0. The Bertz CT molecular complexity index is 861. The van der Waals surface area contributed by atoms with Crippen molar-refractivity contribution in [3.8, 4) is 0 Å². The van der Waals surface area contributed by atoms with Crippen molar-refractivity contribution in [2.24, 2.45) is 0 Å². The average molecular weight is 425 g/mol. The van der Waals surface area contributed by atoms with Crippen molar-refractivity contribution >= 4 is 17.8 Å². The Morgan fingerprint density at radius 1 is 1.30 bits per heavy atom. The van der Waals surface area contributed by atoms with E-state index in [1.807, 2.05) is 13.8 Å². The van der Waals surface area contributed by atoms with Gasteiger partial charge in [0.25, 0.3) is 0 Å². The number of aromatic nitrogens is 2. The highest BCUT2D eigenvalue weighted by Gasteiger charge is 2.84. The largest absolute Gasteiger partial charge is 0.462 e. The van der Waals surface area contributed by atoms with Gasteiger partial charge < -0.3 is 19.9 Å². The number of esters is 2. The molecule has 4 atom stereocenters. The van der Waals surface area contributed by atoms with Crippen LogP contribution < -0.4 is 11.4 Å². The van der Waals surface area contributed by atoms with Crippen molar-refractivity contribution in [3.05, 3.63) is 22.7 Å². The molecule has 10 heteroatoms. The van der Waals surface area contributed by atoms with Crippen LogP contribution in [0.4, 0.5) is 10.2 Å². The molecule has 2 aliphatic rings. The third-order valence-corrected chi connectivity index (χ3v) is 5.59. The molecule has 2 heterocycles. The second kappa shape index (κ2) is 8.71. The van der Waals surface area contributed by atoms with E-state index < -0.39 is 41.2 Å². The number of unbranched alkanes of at least 4 members (excludes halogenated alkanes) is 2. The second-order valence-corrected chi connectivity index (χ2v) is 7.85. The maximum atomic E-state index is 15.5. The minimum atomic E-state index is -1.83. The van der Waals surface area contributed by atoms with E-state index in [4.69, 9.17) is 19.9 Å². The number of carbonyl (C=O) groups excluding carboxylic acids is 2. The number of rotatable bonds is 10. The number of nitrogens with zero attached hydrogens (tertiary/aromatic N) is 2. The Hall–Kier alpha value is -2.49. The van der Waals surface area contributed by atoms with Crippen molar-refractivity contribution in [2.75, 3.05) is 12.3 Å². The Balaban J connectivity index is 1.81. The van der Waals surface area contributed by atoms with Crippen LogP contribution in [-0.2, 0) is 23.8 Å². The van der Waals surface area contributed by atoms with Crippen LogP contribution in [0, 0.1) is 0 Å². The summed E-state index contributed by atoms with van der Waals surface area (Å²) in [5.41, 5.74) is 1.78. The fraction of sp³-hybridized carbons (Fsp3) is 0.700. The van der Waals surface area contributed by atoms with Gasteiger partial charge in [-0.15, -0.1) is 0 Å². The molecular formula is C20H28FN3O6. The quantitative estimate of drug-likeness (QED) is 0.565. The lowest BCUT2D eigenvalue weighted by Crippen LogP contribution is -2.39. The highest BCUT2D eigenvalue weighted by atomic mass is 19.1. The maximum absolute atomic E-state index is 15.5. The smallest absolute Gasteiger partial charge is 0.351 e. The molecule has 1 aliphatic heterocycles. The Morgan fingerprint density at radius 3 is 2.60 bits per heavy atom. The molecule has 166 valence electrons. The molecule has 1 aromatic rings. The SMILES string of the molecule is CCCCC(=O)OC[C@]12C[C@]1(OC(=O)CCCC)[C@@H](F)[C@H](n1ccc(N)nc1=O)O2. The van der Waals surface area contributed by atoms with Crippen LogP contribution in [0.25, 0.3) is 0 Å². The third-order valence-electron chi connectivity index (χ3n) is 5.59. The zero-order valence-electron chi connectivity index (χ0n) is 17.3. The predicted molar refractivity (Wildman–Crippen MR) is 104 cm³/mol. The van der Waals surface area contributed by atoms with Gasteiger partial charge in [-0.3, -0.25) is 14.2 Å². The van der Waals surface area contributed by atoms with Gasteiger partial charge in [-0.05, 0) is 18.9 Å². The molecule has 3 rings (SSSR count). The molecule has 0 radical (unpaired) electrons. The fourth-order valence-corrected chi connectivity index (χ4v) is 3.77. The molecule has 0 amide bonds. The number of nitrogen functional groups attached to an aromatic ring is 1. The summed E-state index contributed by atoms with van der Waals surface area (Å²) >= 11 is 0. The second-order valence-electron chi connectivity index (χ2n) is 7.85. The number of fused-ring (bicyclic) bond motifs is 1. The molecule has 2 fully saturated rings. The highest BCUT2D eigenvalue weighted by Crippen LogP contribution is 2.65. The topological polar surface area (TPSA) is 123 Å². The van der Waals surface area contributed by atoms with Crippen molar-refractivity contribution < 1.29 is 28.2 Å². The summed E-state index contributed by atoms with van der Waals surface area (Å²) in [7, 11) is 0. The first-order chi connectivity index (χ1) is 14.3. The van der Waals surface area contributed by atoms with Gasteiger partial charge in [0.05, 0.1) is 0 Å². The standard InChI is InChI=1S/C20H28FN3O6/c1-3-5-7-14(25)28-12-19-11-20(19,29-15(26)8-6-4-2)16(21)17(30-19)24-10-9-13(22)23-18(24)27/h9-10,16-17H,3-8,11-12H2,1-2H3,(H2,22,23,27)/t16-,17+,19+,20-/m0/s1. The first-order valence-corrected chi connectivity index (χ1v) is 10.3. The van der Waals surface area contributed by atoms with Crippen LogP contribution in [0.15, 0.2) is 17.1 Å². The molecule has 30 heavy (non-hydrogen) atoms. The molecule has 9 nitrogen and oxygen atoms in total. The van der Waals surface area contributed by atoms with Crippen LogP contribution in [-0.4, -0.2) is 45.5 Å². The summed E-state index contributed by atoms with van der Waals surface area (Å²) in [5.74, 6) is -0.987. The lowest BCUT2D eigenvalue weighted by molar-refractivity contribution is -0.159. The Morgan fingerprint density at radius 2 is 1.97 bits per heavy atom. The molecule has 0 spiro atoms. The zero-order valence-corrected chi connectivity index (χ0v) is 17.3. The maximum Gasteiger partial charge on any atom is 0.351 e. The van der Waals surface area contributed by atoms with Gasteiger partial charge in [-0.1, -0.05) is 26.7 Å². The first kappa shape index (κ1) is 22.2. The van der Waals surface area contributed by atoms with E-state index in [1.165, 1.54) is 12.3 Å². The summed E-state index contributed by atoms with van der Waals surface area (Å²) < 4.78 is 33.2. The predicted octanol–water partition coefficient (Wildman–Crippen LogP) is 2.04. The summed E-state index contributed by atoms with van der Waals surface area (Å²) in [6.45, 7) is 3.62. The van der Waals surface area contributed by atoms with Crippen LogP contribution in [0.5, 0.6) is 0 Å². The van der Waals surface area contributed by atoms with Crippen molar-refractivity contribution in [3.63, 3.8) is 0 Å². The molecule has 1 saturated carbocycles.